The quantitative estimate of drug-likeness (QED) is 0.760. The third-order valence-electron chi connectivity index (χ3n) is 3.80. The molecule has 7 heteroatoms. The predicted octanol–water partition coefficient (Wildman–Crippen LogP) is 4.09. The normalized spacial score (nSPS) is 11.1. The first-order valence-electron chi connectivity index (χ1n) is 7.70. The van der Waals surface area contributed by atoms with Gasteiger partial charge in [-0.2, -0.15) is 0 Å². The molecule has 0 atom stereocenters. The second-order valence-electron chi connectivity index (χ2n) is 5.81. The molecule has 0 spiro atoms. The number of carbonyl (C=O) groups is 1. The van der Waals surface area contributed by atoms with Crippen LogP contribution in [-0.4, -0.2) is 17.6 Å². The Morgan fingerprint density at radius 1 is 1.24 bits per heavy atom. The van der Waals surface area contributed by atoms with Gasteiger partial charge in [0.15, 0.2) is 5.58 Å². The first-order chi connectivity index (χ1) is 11.9. The minimum atomic E-state index is -0.423. The zero-order valence-corrected chi connectivity index (χ0v) is 14.8. The molecule has 1 amide bonds. The first kappa shape index (κ1) is 17.1. The van der Waals surface area contributed by atoms with Crippen LogP contribution >= 0.6 is 11.6 Å². The molecular formula is C18H17ClN2O4. The summed E-state index contributed by atoms with van der Waals surface area (Å²) in [6, 6.07) is 9.84. The highest BCUT2D eigenvalue weighted by molar-refractivity contribution is 6.31. The van der Waals surface area contributed by atoms with Crippen LogP contribution in [0.5, 0.6) is 5.75 Å². The number of hydrogen-bond donors (Lipinski definition) is 1. The van der Waals surface area contributed by atoms with Gasteiger partial charge in [-0.25, -0.2) is 4.79 Å². The van der Waals surface area contributed by atoms with Gasteiger partial charge in [0.1, 0.15) is 5.75 Å². The number of ether oxygens (including phenoxy) is 1. The first-order valence-corrected chi connectivity index (χ1v) is 8.08. The van der Waals surface area contributed by atoms with Gasteiger partial charge >= 0.3 is 5.76 Å². The summed E-state index contributed by atoms with van der Waals surface area (Å²) in [7, 11) is 1.47. The van der Waals surface area contributed by atoms with Crippen LogP contribution in [0.4, 0.5) is 5.69 Å². The standard InChI is InChI=1S/C18H17ClN2O4/c1-10(2)21-14-7-5-12(9-16(14)25-18(21)23)20-17(22)13-6-4-11(19)8-15(13)24-3/h4-10H,1-3H3,(H,20,22). The smallest absolute Gasteiger partial charge is 0.420 e. The van der Waals surface area contributed by atoms with Crippen LogP contribution in [0.2, 0.25) is 5.02 Å². The Morgan fingerprint density at radius 2 is 2.00 bits per heavy atom. The molecule has 1 aromatic heterocycles. The van der Waals surface area contributed by atoms with E-state index in [4.69, 9.17) is 20.8 Å². The van der Waals surface area contributed by atoms with Crippen LogP contribution in [0.15, 0.2) is 45.6 Å². The highest BCUT2D eigenvalue weighted by Crippen LogP contribution is 2.25. The number of nitrogens with zero attached hydrogens (tertiary/aromatic N) is 1. The maximum Gasteiger partial charge on any atom is 0.420 e. The largest absolute Gasteiger partial charge is 0.496 e. The molecule has 0 aliphatic heterocycles. The Morgan fingerprint density at radius 3 is 2.68 bits per heavy atom. The van der Waals surface area contributed by atoms with Crippen LogP contribution in [0.3, 0.4) is 0 Å². The molecule has 130 valence electrons. The fraction of sp³-hybridized carbons (Fsp3) is 0.222. The second kappa shape index (κ2) is 6.64. The Labute approximate surface area is 149 Å². The fourth-order valence-electron chi connectivity index (χ4n) is 2.65. The van der Waals surface area contributed by atoms with E-state index in [0.717, 1.165) is 0 Å². The second-order valence-corrected chi connectivity index (χ2v) is 6.25. The molecule has 0 saturated carbocycles. The average Bonchev–Trinajstić information content (AvgIpc) is 2.89. The zero-order valence-electron chi connectivity index (χ0n) is 14.0. The fourth-order valence-corrected chi connectivity index (χ4v) is 2.82. The SMILES string of the molecule is COc1cc(Cl)ccc1C(=O)Nc1ccc2c(c1)oc(=O)n2C(C)C. The highest BCUT2D eigenvalue weighted by atomic mass is 35.5. The summed E-state index contributed by atoms with van der Waals surface area (Å²) >= 11 is 5.91. The molecule has 0 bridgehead atoms. The number of rotatable bonds is 4. The molecule has 2 aromatic carbocycles. The van der Waals surface area contributed by atoms with E-state index in [1.165, 1.54) is 7.11 Å². The van der Waals surface area contributed by atoms with Crippen molar-refractivity contribution >= 4 is 34.3 Å². The van der Waals surface area contributed by atoms with Crippen molar-refractivity contribution in [3.8, 4) is 5.75 Å². The number of benzene rings is 2. The van der Waals surface area contributed by atoms with E-state index in [1.807, 2.05) is 13.8 Å². The monoisotopic (exact) mass is 360 g/mol. The Kier molecular flexibility index (Phi) is 4.55. The maximum atomic E-state index is 12.5. The Bertz CT molecular complexity index is 1000. The van der Waals surface area contributed by atoms with Gasteiger partial charge in [0, 0.05) is 22.8 Å². The van der Waals surface area contributed by atoms with Crippen LogP contribution in [0, 0.1) is 0 Å². The maximum absolute atomic E-state index is 12.5. The third kappa shape index (κ3) is 3.25. The molecule has 25 heavy (non-hydrogen) atoms. The number of aromatic nitrogens is 1. The number of methoxy groups -OCH3 is 1. The third-order valence-corrected chi connectivity index (χ3v) is 4.03. The van der Waals surface area contributed by atoms with Crippen molar-refractivity contribution in [3.05, 3.63) is 57.5 Å². The molecule has 0 unspecified atom stereocenters. The van der Waals surface area contributed by atoms with Gasteiger partial charge in [0.05, 0.1) is 18.2 Å². The van der Waals surface area contributed by atoms with Crippen LogP contribution in [0.25, 0.3) is 11.1 Å². The summed E-state index contributed by atoms with van der Waals surface area (Å²) in [5.41, 5.74) is 1.97. The van der Waals surface area contributed by atoms with Gasteiger partial charge < -0.3 is 14.5 Å². The molecular weight excluding hydrogens is 344 g/mol. The number of nitrogens with one attached hydrogen (secondary N) is 1. The lowest BCUT2D eigenvalue weighted by Crippen LogP contribution is -2.16. The van der Waals surface area contributed by atoms with Crippen LogP contribution in [-0.2, 0) is 0 Å². The Balaban J connectivity index is 1.93. The molecule has 0 aliphatic carbocycles. The van der Waals surface area contributed by atoms with E-state index in [-0.39, 0.29) is 11.9 Å². The average molecular weight is 361 g/mol. The molecule has 0 aliphatic rings. The number of halogens is 1. The van der Waals surface area contributed by atoms with E-state index in [1.54, 1.807) is 41.0 Å². The highest BCUT2D eigenvalue weighted by Gasteiger charge is 2.15. The van der Waals surface area contributed by atoms with Crippen molar-refractivity contribution in [2.24, 2.45) is 0 Å². The van der Waals surface area contributed by atoms with E-state index < -0.39 is 5.76 Å². The van der Waals surface area contributed by atoms with Gasteiger partial charge in [-0.15, -0.1) is 0 Å². The number of amides is 1. The van der Waals surface area contributed by atoms with Crippen molar-refractivity contribution in [3.63, 3.8) is 0 Å². The topological polar surface area (TPSA) is 73.5 Å². The molecule has 3 aromatic rings. The van der Waals surface area contributed by atoms with Crippen LogP contribution in [0.1, 0.15) is 30.2 Å². The van der Waals surface area contributed by atoms with Gasteiger partial charge in [0.2, 0.25) is 0 Å². The van der Waals surface area contributed by atoms with Crippen LogP contribution < -0.4 is 15.8 Å². The van der Waals surface area contributed by atoms with E-state index >= 15 is 0 Å². The van der Waals surface area contributed by atoms with Gasteiger partial charge in [-0.05, 0) is 44.2 Å². The van der Waals surface area contributed by atoms with Crippen molar-refractivity contribution in [2.45, 2.75) is 19.9 Å². The number of anilines is 1. The van der Waals surface area contributed by atoms with E-state index in [9.17, 15) is 9.59 Å². The van der Waals surface area contributed by atoms with E-state index in [2.05, 4.69) is 5.32 Å². The summed E-state index contributed by atoms with van der Waals surface area (Å²) in [5, 5.41) is 3.25. The Hall–Kier alpha value is -2.73. The number of carbonyl (C=O) groups excluding carboxylic acids is 1. The summed E-state index contributed by atoms with van der Waals surface area (Å²) in [6.07, 6.45) is 0. The molecule has 3 rings (SSSR count). The molecule has 0 radical (unpaired) electrons. The molecule has 6 nitrogen and oxygen atoms in total. The zero-order chi connectivity index (χ0) is 18.1. The lowest BCUT2D eigenvalue weighted by atomic mass is 10.1. The molecule has 1 N–H and O–H groups in total. The van der Waals surface area contributed by atoms with Crippen molar-refractivity contribution in [1.29, 1.82) is 0 Å². The van der Waals surface area contributed by atoms with E-state index in [0.29, 0.717) is 33.1 Å². The lowest BCUT2D eigenvalue weighted by molar-refractivity contribution is 0.102. The summed E-state index contributed by atoms with van der Waals surface area (Å²) < 4.78 is 12.0. The summed E-state index contributed by atoms with van der Waals surface area (Å²) in [5.74, 6) is -0.394. The minimum Gasteiger partial charge on any atom is -0.496 e. The summed E-state index contributed by atoms with van der Waals surface area (Å²) in [6.45, 7) is 3.80. The molecule has 0 fully saturated rings. The molecule has 1 heterocycles. The number of oxazole rings is 1. The van der Waals surface area contributed by atoms with Crippen molar-refractivity contribution in [1.82, 2.24) is 4.57 Å². The predicted molar refractivity (Wildman–Crippen MR) is 96.8 cm³/mol. The number of hydrogen-bond acceptors (Lipinski definition) is 4. The van der Waals surface area contributed by atoms with Crippen molar-refractivity contribution in [2.75, 3.05) is 12.4 Å². The molecule has 0 saturated heterocycles. The van der Waals surface area contributed by atoms with Crippen molar-refractivity contribution < 1.29 is 13.9 Å². The lowest BCUT2D eigenvalue weighted by Gasteiger charge is -2.10. The van der Waals surface area contributed by atoms with Gasteiger partial charge in [0.25, 0.3) is 5.91 Å². The minimum absolute atomic E-state index is 0.0208. The summed E-state index contributed by atoms with van der Waals surface area (Å²) in [4.78, 5) is 24.4. The van der Waals surface area contributed by atoms with Gasteiger partial charge in [-0.3, -0.25) is 9.36 Å². The number of fused-ring (bicyclic) bond motifs is 1. The van der Waals surface area contributed by atoms with Gasteiger partial charge in [-0.1, -0.05) is 11.6 Å².